The van der Waals surface area contributed by atoms with Crippen LogP contribution in [-0.2, 0) is 9.47 Å². The molecule has 4 nitrogen and oxygen atoms in total. The molecule has 0 aliphatic heterocycles. The molecule has 1 heterocycles. The third-order valence-corrected chi connectivity index (χ3v) is 3.15. The monoisotopic (exact) mass is 277 g/mol. The fraction of sp³-hybridized carbons (Fsp3) is 0.500. The number of nitrogens with one attached hydrogen (secondary N) is 1. The molecule has 1 atom stereocenters. The molecular formula is C16H23NO3. The number of fused-ring (bicyclic) bond motifs is 1. The van der Waals surface area contributed by atoms with Crippen LogP contribution in [-0.4, -0.2) is 33.5 Å². The van der Waals surface area contributed by atoms with Gasteiger partial charge < -0.3 is 19.2 Å². The van der Waals surface area contributed by atoms with Crippen molar-refractivity contribution in [3.05, 3.63) is 36.1 Å². The van der Waals surface area contributed by atoms with Gasteiger partial charge in [-0.25, -0.2) is 0 Å². The van der Waals surface area contributed by atoms with Crippen LogP contribution in [0.2, 0.25) is 0 Å². The fourth-order valence-electron chi connectivity index (χ4n) is 2.08. The molecule has 20 heavy (non-hydrogen) atoms. The van der Waals surface area contributed by atoms with E-state index in [-0.39, 0.29) is 6.04 Å². The number of furan rings is 1. The minimum Gasteiger partial charge on any atom is -0.459 e. The van der Waals surface area contributed by atoms with E-state index in [9.17, 15) is 0 Å². The van der Waals surface area contributed by atoms with Crippen LogP contribution in [0.1, 0.15) is 25.1 Å². The van der Waals surface area contributed by atoms with Gasteiger partial charge >= 0.3 is 0 Å². The van der Waals surface area contributed by atoms with Crippen molar-refractivity contribution in [2.75, 3.05) is 33.5 Å². The topological polar surface area (TPSA) is 43.6 Å². The second-order valence-electron chi connectivity index (χ2n) is 4.76. The largest absolute Gasteiger partial charge is 0.459 e. The SMILES string of the molecule is CCCNC(COCCOC)c1cc2ccccc2o1. The van der Waals surface area contributed by atoms with Gasteiger partial charge in [-0.2, -0.15) is 0 Å². The van der Waals surface area contributed by atoms with Gasteiger partial charge in [0.2, 0.25) is 0 Å². The van der Waals surface area contributed by atoms with Gasteiger partial charge in [0, 0.05) is 12.5 Å². The molecular weight excluding hydrogens is 254 g/mol. The Morgan fingerprint density at radius 1 is 1.25 bits per heavy atom. The molecule has 0 fully saturated rings. The predicted molar refractivity (Wildman–Crippen MR) is 79.9 cm³/mol. The molecule has 4 heteroatoms. The van der Waals surface area contributed by atoms with Gasteiger partial charge in [-0.1, -0.05) is 25.1 Å². The third-order valence-electron chi connectivity index (χ3n) is 3.15. The highest BCUT2D eigenvalue weighted by Crippen LogP contribution is 2.24. The average Bonchev–Trinajstić information content (AvgIpc) is 2.90. The molecule has 1 aromatic heterocycles. The Morgan fingerprint density at radius 2 is 2.10 bits per heavy atom. The Morgan fingerprint density at radius 3 is 2.85 bits per heavy atom. The number of hydrogen-bond donors (Lipinski definition) is 1. The number of methoxy groups -OCH3 is 1. The van der Waals surface area contributed by atoms with Crippen LogP contribution in [0.4, 0.5) is 0 Å². The van der Waals surface area contributed by atoms with Crippen LogP contribution in [0.15, 0.2) is 34.7 Å². The zero-order valence-corrected chi connectivity index (χ0v) is 12.2. The number of benzene rings is 1. The number of hydrogen-bond acceptors (Lipinski definition) is 4. The number of rotatable bonds is 9. The minimum absolute atomic E-state index is 0.0826. The van der Waals surface area contributed by atoms with Crippen molar-refractivity contribution < 1.29 is 13.9 Å². The van der Waals surface area contributed by atoms with Gasteiger partial charge in [0.15, 0.2) is 0 Å². The highest BCUT2D eigenvalue weighted by Gasteiger charge is 2.15. The van der Waals surface area contributed by atoms with Crippen molar-refractivity contribution in [3.8, 4) is 0 Å². The van der Waals surface area contributed by atoms with Crippen molar-refractivity contribution in [2.45, 2.75) is 19.4 Å². The maximum atomic E-state index is 5.91. The van der Waals surface area contributed by atoms with E-state index in [0.29, 0.717) is 19.8 Å². The first-order valence-electron chi connectivity index (χ1n) is 7.13. The lowest BCUT2D eigenvalue weighted by Gasteiger charge is -2.16. The first-order chi connectivity index (χ1) is 9.85. The molecule has 2 aromatic rings. The summed E-state index contributed by atoms with van der Waals surface area (Å²) in [4.78, 5) is 0. The van der Waals surface area contributed by atoms with Crippen molar-refractivity contribution in [3.63, 3.8) is 0 Å². The van der Waals surface area contributed by atoms with E-state index >= 15 is 0 Å². The lowest BCUT2D eigenvalue weighted by atomic mass is 10.2. The summed E-state index contributed by atoms with van der Waals surface area (Å²) in [5, 5.41) is 4.59. The molecule has 0 radical (unpaired) electrons. The molecule has 1 aromatic carbocycles. The van der Waals surface area contributed by atoms with Crippen LogP contribution in [0.5, 0.6) is 0 Å². The van der Waals surface area contributed by atoms with Gasteiger partial charge in [0.25, 0.3) is 0 Å². The highest BCUT2D eigenvalue weighted by molar-refractivity contribution is 5.77. The van der Waals surface area contributed by atoms with Crippen LogP contribution >= 0.6 is 0 Å². The average molecular weight is 277 g/mol. The maximum Gasteiger partial charge on any atom is 0.134 e. The summed E-state index contributed by atoms with van der Waals surface area (Å²) in [7, 11) is 1.68. The predicted octanol–water partition coefficient (Wildman–Crippen LogP) is 3.14. The fourth-order valence-corrected chi connectivity index (χ4v) is 2.08. The Balaban J connectivity index is 2.04. The van der Waals surface area contributed by atoms with Crippen molar-refractivity contribution >= 4 is 11.0 Å². The van der Waals surface area contributed by atoms with E-state index in [1.165, 1.54) is 0 Å². The number of ether oxygens (including phenoxy) is 2. The molecule has 0 saturated heterocycles. The molecule has 110 valence electrons. The Hall–Kier alpha value is -1.36. The molecule has 0 saturated carbocycles. The summed E-state index contributed by atoms with van der Waals surface area (Å²) >= 11 is 0. The summed E-state index contributed by atoms with van der Waals surface area (Å²) in [6, 6.07) is 10.2. The van der Waals surface area contributed by atoms with Crippen LogP contribution < -0.4 is 5.32 Å². The Kier molecular flexibility index (Phi) is 6.05. The summed E-state index contributed by atoms with van der Waals surface area (Å²) in [6.45, 7) is 4.88. The molecule has 1 unspecified atom stereocenters. The molecule has 0 aliphatic rings. The maximum absolute atomic E-state index is 5.91. The third kappa shape index (κ3) is 4.07. The normalized spacial score (nSPS) is 12.9. The van der Waals surface area contributed by atoms with E-state index in [2.05, 4.69) is 24.4 Å². The highest BCUT2D eigenvalue weighted by atomic mass is 16.5. The summed E-state index contributed by atoms with van der Waals surface area (Å²) in [5.74, 6) is 0.928. The van der Waals surface area contributed by atoms with Gasteiger partial charge in [0.1, 0.15) is 11.3 Å². The van der Waals surface area contributed by atoms with Gasteiger partial charge in [-0.05, 0) is 25.1 Å². The number of para-hydroxylation sites is 1. The van der Waals surface area contributed by atoms with E-state index in [1.807, 2.05) is 18.2 Å². The summed E-state index contributed by atoms with van der Waals surface area (Å²) in [6.07, 6.45) is 1.08. The molecule has 1 N–H and O–H groups in total. The Labute approximate surface area is 120 Å². The first kappa shape index (κ1) is 15.0. The van der Waals surface area contributed by atoms with Gasteiger partial charge in [-0.3, -0.25) is 0 Å². The van der Waals surface area contributed by atoms with Gasteiger partial charge in [-0.15, -0.1) is 0 Å². The van der Waals surface area contributed by atoms with E-state index in [4.69, 9.17) is 13.9 Å². The second kappa shape index (κ2) is 8.04. The minimum atomic E-state index is 0.0826. The zero-order chi connectivity index (χ0) is 14.2. The molecule has 0 aliphatic carbocycles. The van der Waals surface area contributed by atoms with Crippen LogP contribution in [0.3, 0.4) is 0 Å². The zero-order valence-electron chi connectivity index (χ0n) is 12.2. The molecule has 0 spiro atoms. The standard InChI is InChI=1S/C16H23NO3/c1-3-8-17-14(12-19-10-9-18-2)16-11-13-6-4-5-7-15(13)20-16/h4-7,11,14,17H,3,8-10,12H2,1-2H3. The van der Waals surface area contributed by atoms with Crippen molar-refractivity contribution in [1.82, 2.24) is 5.32 Å². The molecule has 0 amide bonds. The molecule has 0 bridgehead atoms. The lowest BCUT2D eigenvalue weighted by Crippen LogP contribution is -2.26. The van der Waals surface area contributed by atoms with E-state index < -0.39 is 0 Å². The van der Waals surface area contributed by atoms with Crippen LogP contribution in [0.25, 0.3) is 11.0 Å². The quantitative estimate of drug-likeness (QED) is 0.715. The summed E-state index contributed by atoms with van der Waals surface area (Å²) in [5.41, 5.74) is 0.919. The van der Waals surface area contributed by atoms with Gasteiger partial charge in [0.05, 0.1) is 25.9 Å². The van der Waals surface area contributed by atoms with Crippen molar-refractivity contribution in [1.29, 1.82) is 0 Å². The summed E-state index contributed by atoms with van der Waals surface area (Å²) < 4.78 is 16.5. The van der Waals surface area contributed by atoms with Crippen molar-refractivity contribution in [2.24, 2.45) is 0 Å². The lowest BCUT2D eigenvalue weighted by molar-refractivity contribution is 0.0557. The second-order valence-corrected chi connectivity index (χ2v) is 4.76. The van der Waals surface area contributed by atoms with E-state index in [0.717, 1.165) is 29.7 Å². The molecule has 2 rings (SSSR count). The van der Waals surface area contributed by atoms with Crippen LogP contribution in [0, 0.1) is 0 Å². The Bertz CT molecular complexity index is 476. The first-order valence-corrected chi connectivity index (χ1v) is 7.13. The smallest absolute Gasteiger partial charge is 0.134 e. The van der Waals surface area contributed by atoms with E-state index in [1.54, 1.807) is 7.11 Å².